The zero-order valence-corrected chi connectivity index (χ0v) is 10.4. The minimum Gasteiger partial charge on any atom is -0.481 e. The number of rotatable bonds is 5. The van der Waals surface area contributed by atoms with Gasteiger partial charge in [0.05, 0.1) is 17.7 Å². The van der Waals surface area contributed by atoms with Crippen molar-refractivity contribution in [2.24, 2.45) is 0 Å². The van der Waals surface area contributed by atoms with E-state index in [1.54, 1.807) is 0 Å². The van der Waals surface area contributed by atoms with Crippen LogP contribution >= 0.6 is 11.8 Å². The Labute approximate surface area is 106 Å². The Morgan fingerprint density at radius 3 is 2.28 bits per heavy atom. The predicted molar refractivity (Wildman–Crippen MR) is 60.1 cm³/mol. The molecule has 1 aliphatic carbocycles. The molecule has 0 saturated heterocycles. The van der Waals surface area contributed by atoms with E-state index in [-0.39, 0.29) is 6.42 Å². The van der Waals surface area contributed by atoms with Crippen molar-refractivity contribution in [2.75, 3.05) is 5.75 Å². The highest BCUT2D eigenvalue weighted by Crippen LogP contribution is 2.34. The Balaban J connectivity index is 2.51. The van der Waals surface area contributed by atoms with E-state index in [1.165, 1.54) is 0 Å². The van der Waals surface area contributed by atoms with E-state index < -0.39 is 40.4 Å². The Hall–Kier alpha value is -0.920. The second-order valence-corrected chi connectivity index (χ2v) is 5.38. The first-order valence-electron chi connectivity index (χ1n) is 5.46. The Morgan fingerprint density at radius 1 is 1.28 bits per heavy atom. The minimum atomic E-state index is -4.45. The summed E-state index contributed by atoms with van der Waals surface area (Å²) in [6.07, 6.45) is 2.32. The Morgan fingerprint density at radius 2 is 1.83 bits per heavy atom. The number of carbonyl (C=O) groups is 2. The topological polar surface area (TPSA) is 66.4 Å². The van der Waals surface area contributed by atoms with Crippen molar-refractivity contribution in [2.45, 2.75) is 43.2 Å². The van der Waals surface area contributed by atoms with Crippen molar-refractivity contribution < 1.29 is 27.9 Å². The number of alkyl halides is 3. The zero-order chi connectivity index (χ0) is 13.8. The number of hydrogen-bond acceptors (Lipinski definition) is 3. The third-order valence-electron chi connectivity index (χ3n) is 2.82. The van der Waals surface area contributed by atoms with Gasteiger partial charge in [0.2, 0.25) is 5.91 Å². The van der Waals surface area contributed by atoms with Crippen molar-refractivity contribution in [3.63, 3.8) is 0 Å². The summed E-state index contributed by atoms with van der Waals surface area (Å²) in [6.45, 7) is 0. The van der Waals surface area contributed by atoms with Gasteiger partial charge in [-0.15, -0.1) is 0 Å². The molecule has 4 nitrogen and oxygen atoms in total. The second-order valence-electron chi connectivity index (χ2n) is 4.34. The van der Waals surface area contributed by atoms with Gasteiger partial charge in [-0.3, -0.25) is 9.59 Å². The molecule has 104 valence electrons. The molecule has 2 N–H and O–H groups in total. The molecule has 1 amide bonds. The molecule has 1 rings (SSSR count). The first-order chi connectivity index (χ1) is 8.22. The van der Waals surface area contributed by atoms with E-state index in [0.29, 0.717) is 12.8 Å². The van der Waals surface area contributed by atoms with Crippen LogP contribution in [0.5, 0.6) is 0 Å². The molecule has 0 aromatic carbocycles. The Kier molecular flexibility index (Phi) is 4.89. The molecule has 0 spiro atoms. The molecule has 1 aliphatic rings. The number of carbonyl (C=O) groups excluding carboxylic acids is 1. The maximum Gasteiger partial charge on any atom is 0.442 e. The van der Waals surface area contributed by atoms with Crippen molar-refractivity contribution in [3.05, 3.63) is 0 Å². The number of aliphatic carboxylic acids is 1. The second kappa shape index (κ2) is 5.81. The van der Waals surface area contributed by atoms with Crippen LogP contribution in [0.4, 0.5) is 13.2 Å². The molecular weight excluding hydrogens is 271 g/mol. The first kappa shape index (κ1) is 15.1. The molecule has 0 radical (unpaired) electrons. The van der Waals surface area contributed by atoms with Gasteiger partial charge in [-0.1, -0.05) is 12.8 Å². The van der Waals surface area contributed by atoms with E-state index in [2.05, 4.69) is 5.32 Å². The summed E-state index contributed by atoms with van der Waals surface area (Å²) in [5.74, 6) is -2.55. The zero-order valence-electron chi connectivity index (χ0n) is 9.55. The van der Waals surface area contributed by atoms with Crippen molar-refractivity contribution in [1.82, 2.24) is 5.32 Å². The number of amides is 1. The summed E-state index contributed by atoms with van der Waals surface area (Å²) >= 11 is -0.417. The van der Waals surface area contributed by atoms with Gasteiger partial charge >= 0.3 is 11.5 Å². The standard InChI is InChI=1S/C10H14F3NO3S/c11-10(12,13)18-6-7(15)14-9(5-8(16)17)3-1-2-4-9/h1-6H2,(H,14,15)(H,16,17). The molecule has 1 saturated carbocycles. The van der Waals surface area contributed by atoms with E-state index in [1.807, 2.05) is 0 Å². The minimum absolute atomic E-state index is 0.241. The van der Waals surface area contributed by atoms with Gasteiger partial charge in [0.25, 0.3) is 0 Å². The molecule has 0 aromatic heterocycles. The lowest BCUT2D eigenvalue weighted by Gasteiger charge is -2.28. The fourth-order valence-corrected chi connectivity index (χ4v) is 2.53. The summed E-state index contributed by atoms with van der Waals surface area (Å²) in [6, 6.07) is 0. The van der Waals surface area contributed by atoms with Crippen molar-refractivity contribution in [1.29, 1.82) is 0 Å². The van der Waals surface area contributed by atoms with E-state index in [4.69, 9.17) is 5.11 Å². The molecule has 0 aliphatic heterocycles. The maximum atomic E-state index is 11.9. The smallest absolute Gasteiger partial charge is 0.442 e. The molecule has 0 atom stereocenters. The van der Waals surface area contributed by atoms with Crippen LogP contribution in [0.25, 0.3) is 0 Å². The molecule has 0 aromatic rings. The van der Waals surface area contributed by atoms with Gasteiger partial charge in [0, 0.05) is 0 Å². The summed E-state index contributed by atoms with van der Waals surface area (Å²) < 4.78 is 35.8. The van der Waals surface area contributed by atoms with Gasteiger partial charge in [0.15, 0.2) is 0 Å². The van der Waals surface area contributed by atoms with Crippen LogP contribution in [-0.4, -0.2) is 33.8 Å². The van der Waals surface area contributed by atoms with Crippen LogP contribution in [0.15, 0.2) is 0 Å². The quantitative estimate of drug-likeness (QED) is 0.812. The van der Waals surface area contributed by atoms with E-state index in [0.717, 1.165) is 12.8 Å². The lowest BCUT2D eigenvalue weighted by atomic mass is 9.93. The molecule has 1 fully saturated rings. The number of nitrogens with one attached hydrogen (secondary N) is 1. The van der Waals surface area contributed by atoms with Crippen LogP contribution in [0.2, 0.25) is 0 Å². The lowest BCUT2D eigenvalue weighted by molar-refractivity contribution is -0.139. The molecule has 18 heavy (non-hydrogen) atoms. The van der Waals surface area contributed by atoms with Gasteiger partial charge in [-0.05, 0) is 24.6 Å². The van der Waals surface area contributed by atoms with Crippen LogP contribution in [0.1, 0.15) is 32.1 Å². The number of thioether (sulfide) groups is 1. The molecule has 8 heteroatoms. The van der Waals surface area contributed by atoms with Gasteiger partial charge in [-0.2, -0.15) is 13.2 Å². The number of hydrogen-bond donors (Lipinski definition) is 2. The summed E-state index contributed by atoms with van der Waals surface area (Å²) in [4.78, 5) is 22.1. The highest BCUT2D eigenvalue weighted by Gasteiger charge is 2.38. The fraction of sp³-hybridized carbons (Fsp3) is 0.800. The van der Waals surface area contributed by atoms with Gasteiger partial charge in [-0.25, -0.2) is 0 Å². The molecular formula is C10H14F3NO3S. The normalized spacial score (nSPS) is 18.6. The fourth-order valence-electron chi connectivity index (χ4n) is 2.17. The summed E-state index contributed by atoms with van der Waals surface area (Å²) in [5.41, 5.74) is -5.32. The van der Waals surface area contributed by atoms with Crippen LogP contribution in [-0.2, 0) is 9.59 Å². The summed E-state index contributed by atoms with van der Waals surface area (Å²) in [5, 5.41) is 11.2. The number of carboxylic acid groups (broad SMARTS) is 1. The predicted octanol–water partition coefficient (Wildman–Crippen LogP) is 2.14. The molecule has 0 heterocycles. The molecule has 0 bridgehead atoms. The van der Waals surface area contributed by atoms with Crippen LogP contribution < -0.4 is 5.32 Å². The van der Waals surface area contributed by atoms with Crippen molar-refractivity contribution >= 4 is 23.6 Å². The van der Waals surface area contributed by atoms with Crippen LogP contribution in [0.3, 0.4) is 0 Å². The van der Waals surface area contributed by atoms with Crippen molar-refractivity contribution in [3.8, 4) is 0 Å². The third kappa shape index (κ3) is 5.16. The van der Waals surface area contributed by atoms with Gasteiger partial charge < -0.3 is 10.4 Å². The lowest BCUT2D eigenvalue weighted by Crippen LogP contribution is -2.48. The molecule has 0 unspecified atom stereocenters. The number of carboxylic acids is 1. The Bertz CT molecular complexity index is 327. The van der Waals surface area contributed by atoms with Crippen LogP contribution in [0, 0.1) is 0 Å². The average molecular weight is 285 g/mol. The van der Waals surface area contributed by atoms with Gasteiger partial charge in [0.1, 0.15) is 0 Å². The first-order valence-corrected chi connectivity index (χ1v) is 6.44. The SMILES string of the molecule is O=C(O)CC1(NC(=O)CSC(F)(F)F)CCCC1. The number of halogens is 3. The highest BCUT2D eigenvalue weighted by atomic mass is 32.2. The third-order valence-corrected chi connectivity index (χ3v) is 3.56. The monoisotopic (exact) mass is 285 g/mol. The van der Waals surface area contributed by atoms with E-state index in [9.17, 15) is 22.8 Å². The maximum absolute atomic E-state index is 11.9. The summed E-state index contributed by atoms with van der Waals surface area (Å²) in [7, 11) is 0. The highest BCUT2D eigenvalue weighted by molar-refractivity contribution is 8.00. The largest absolute Gasteiger partial charge is 0.481 e. The van der Waals surface area contributed by atoms with E-state index >= 15 is 0 Å². The average Bonchev–Trinajstić information content (AvgIpc) is 2.61.